The summed E-state index contributed by atoms with van der Waals surface area (Å²) in [6.07, 6.45) is 4.81. The third-order valence-corrected chi connectivity index (χ3v) is 6.05. The van der Waals surface area contributed by atoms with Crippen LogP contribution in [0.15, 0.2) is 65.8 Å². The van der Waals surface area contributed by atoms with Crippen LogP contribution in [0.4, 0.5) is 17.3 Å². The highest BCUT2D eigenvalue weighted by molar-refractivity contribution is 6.37. The lowest BCUT2D eigenvalue weighted by molar-refractivity contribution is 0.425. The number of benzene rings is 2. The smallest absolute Gasteiger partial charge is 0.270 e. The molecule has 35 heavy (non-hydrogen) atoms. The largest absolute Gasteiger partial charge is 0.384 e. The summed E-state index contributed by atoms with van der Waals surface area (Å²) in [5, 5.41) is 7.54. The summed E-state index contributed by atoms with van der Waals surface area (Å²) in [6, 6.07) is 12.9. The SMILES string of the molecule is CN(C)CCNc1ccc(Nc2ncc3c(=O)n(-c4c(Cl)cccc4Cl)c4nccn4c3n2)cc1. The summed E-state index contributed by atoms with van der Waals surface area (Å²) in [6.45, 7) is 1.80. The van der Waals surface area contributed by atoms with Gasteiger partial charge in [0.15, 0.2) is 5.65 Å². The number of para-hydroxylation sites is 1. The number of hydrogen-bond donors (Lipinski definition) is 2. The van der Waals surface area contributed by atoms with Gasteiger partial charge in [0.05, 0.1) is 15.7 Å². The van der Waals surface area contributed by atoms with E-state index < -0.39 is 0 Å². The molecule has 0 aliphatic rings. The van der Waals surface area contributed by atoms with Crippen molar-refractivity contribution < 1.29 is 0 Å². The number of fused-ring (bicyclic) bond motifs is 3. The first-order valence-electron chi connectivity index (χ1n) is 10.9. The van der Waals surface area contributed by atoms with E-state index in [-0.39, 0.29) is 5.56 Å². The number of nitrogens with zero attached hydrogens (tertiary/aromatic N) is 6. The van der Waals surface area contributed by atoms with Gasteiger partial charge in [0.2, 0.25) is 11.7 Å². The molecule has 5 aromatic rings. The van der Waals surface area contributed by atoms with Crippen LogP contribution >= 0.6 is 23.2 Å². The first-order chi connectivity index (χ1) is 16.9. The molecule has 0 saturated carbocycles. The van der Waals surface area contributed by atoms with E-state index in [9.17, 15) is 4.79 Å². The highest BCUT2D eigenvalue weighted by Gasteiger charge is 2.19. The van der Waals surface area contributed by atoms with Gasteiger partial charge in [-0.3, -0.25) is 9.20 Å². The summed E-state index contributed by atoms with van der Waals surface area (Å²) in [4.78, 5) is 28.9. The molecule has 0 fully saturated rings. The van der Waals surface area contributed by atoms with E-state index in [1.54, 1.807) is 35.0 Å². The topological polar surface area (TPSA) is 92.4 Å². The molecule has 2 aromatic carbocycles. The predicted octanol–water partition coefficient (Wildman–Crippen LogP) is 4.45. The Labute approximate surface area is 211 Å². The zero-order valence-electron chi connectivity index (χ0n) is 19.0. The fourth-order valence-electron chi connectivity index (χ4n) is 3.73. The predicted molar refractivity (Wildman–Crippen MR) is 141 cm³/mol. The fraction of sp³-hybridized carbons (Fsp3) is 0.167. The fourth-order valence-corrected chi connectivity index (χ4v) is 4.30. The number of halogens is 2. The summed E-state index contributed by atoms with van der Waals surface area (Å²) >= 11 is 12.8. The summed E-state index contributed by atoms with van der Waals surface area (Å²) in [5.74, 6) is 0.698. The molecule has 2 N–H and O–H groups in total. The van der Waals surface area contributed by atoms with Crippen molar-refractivity contribution in [3.63, 3.8) is 0 Å². The lowest BCUT2D eigenvalue weighted by Crippen LogP contribution is -2.23. The quantitative estimate of drug-likeness (QED) is 0.335. The Morgan fingerprint density at radius 2 is 1.71 bits per heavy atom. The Balaban J connectivity index is 1.50. The van der Waals surface area contributed by atoms with Gasteiger partial charge < -0.3 is 15.5 Å². The van der Waals surface area contributed by atoms with Crippen molar-refractivity contribution in [3.8, 4) is 5.69 Å². The lowest BCUT2D eigenvalue weighted by Gasteiger charge is -2.14. The maximum Gasteiger partial charge on any atom is 0.270 e. The maximum atomic E-state index is 13.5. The van der Waals surface area contributed by atoms with Gasteiger partial charge in [0, 0.05) is 43.1 Å². The van der Waals surface area contributed by atoms with Gasteiger partial charge in [-0.15, -0.1) is 0 Å². The van der Waals surface area contributed by atoms with Gasteiger partial charge in [-0.2, -0.15) is 4.98 Å². The zero-order chi connectivity index (χ0) is 24.5. The van der Waals surface area contributed by atoms with E-state index in [2.05, 4.69) is 30.5 Å². The van der Waals surface area contributed by atoms with E-state index in [1.165, 1.54) is 10.8 Å². The summed E-state index contributed by atoms with van der Waals surface area (Å²) in [5.41, 5.74) is 2.26. The van der Waals surface area contributed by atoms with Crippen molar-refractivity contribution in [1.29, 1.82) is 0 Å². The minimum absolute atomic E-state index is 0.303. The molecule has 0 aliphatic carbocycles. The molecule has 11 heteroatoms. The molecule has 0 atom stereocenters. The van der Waals surface area contributed by atoms with Gasteiger partial charge in [-0.05, 0) is 50.5 Å². The van der Waals surface area contributed by atoms with Crippen LogP contribution in [0, 0.1) is 0 Å². The number of nitrogens with one attached hydrogen (secondary N) is 2. The van der Waals surface area contributed by atoms with Crippen LogP contribution in [0.2, 0.25) is 10.0 Å². The Morgan fingerprint density at radius 1 is 1.00 bits per heavy atom. The molecule has 0 unspecified atom stereocenters. The van der Waals surface area contributed by atoms with Crippen LogP contribution in [-0.4, -0.2) is 56.0 Å². The van der Waals surface area contributed by atoms with Crippen LogP contribution in [0.5, 0.6) is 0 Å². The highest BCUT2D eigenvalue weighted by atomic mass is 35.5. The Bertz CT molecular complexity index is 1560. The summed E-state index contributed by atoms with van der Waals surface area (Å²) < 4.78 is 3.09. The second-order valence-electron chi connectivity index (χ2n) is 8.17. The molecule has 3 heterocycles. The van der Waals surface area contributed by atoms with E-state index >= 15 is 0 Å². The summed E-state index contributed by atoms with van der Waals surface area (Å²) in [7, 11) is 4.08. The minimum Gasteiger partial charge on any atom is -0.384 e. The Kier molecular flexibility index (Phi) is 6.29. The number of rotatable bonds is 7. The normalized spacial score (nSPS) is 11.5. The van der Waals surface area contributed by atoms with Gasteiger partial charge in [0.25, 0.3) is 5.56 Å². The van der Waals surface area contributed by atoms with Crippen LogP contribution in [0.1, 0.15) is 0 Å². The molecule has 0 spiro atoms. The average molecular weight is 509 g/mol. The molecule has 9 nitrogen and oxygen atoms in total. The van der Waals surface area contributed by atoms with Crippen LogP contribution < -0.4 is 16.2 Å². The van der Waals surface area contributed by atoms with Crippen molar-refractivity contribution in [1.82, 2.24) is 28.8 Å². The molecule has 0 saturated heterocycles. The molecule has 3 aromatic heterocycles. The third kappa shape index (κ3) is 4.53. The van der Waals surface area contributed by atoms with E-state index in [1.807, 2.05) is 38.4 Å². The molecular weight excluding hydrogens is 487 g/mol. The van der Waals surface area contributed by atoms with Crippen molar-refractivity contribution in [2.75, 3.05) is 37.8 Å². The molecular formula is C24H22Cl2N8O. The number of imidazole rings is 1. The Hall–Kier alpha value is -3.66. The van der Waals surface area contributed by atoms with Gasteiger partial charge in [-0.25, -0.2) is 14.5 Å². The monoisotopic (exact) mass is 508 g/mol. The van der Waals surface area contributed by atoms with Crippen molar-refractivity contribution in [2.45, 2.75) is 0 Å². The van der Waals surface area contributed by atoms with Crippen molar-refractivity contribution in [3.05, 3.63) is 81.5 Å². The lowest BCUT2D eigenvalue weighted by atomic mass is 10.3. The highest BCUT2D eigenvalue weighted by Crippen LogP contribution is 2.29. The second-order valence-corrected chi connectivity index (χ2v) is 8.99. The Morgan fingerprint density at radius 3 is 2.43 bits per heavy atom. The van der Waals surface area contributed by atoms with Crippen LogP contribution in [0.3, 0.4) is 0 Å². The average Bonchev–Trinajstić information content (AvgIpc) is 3.32. The van der Waals surface area contributed by atoms with E-state index in [0.717, 1.165) is 24.5 Å². The minimum atomic E-state index is -0.367. The first-order valence-corrected chi connectivity index (χ1v) is 11.6. The van der Waals surface area contributed by atoms with Crippen molar-refractivity contribution >= 4 is 57.3 Å². The van der Waals surface area contributed by atoms with Gasteiger partial charge in [0.1, 0.15) is 5.39 Å². The van der Waals surface area contributed by atoms with Crippen LogP contribution in [0.25, 0.3) is 22.5 Å². The molecule has 178 valence electrons. The first kappa shape index (κ1) is 23.1. The molecule has 0 amide bonds. The van der Waals surface area contributed by atoms with E-state index in [4.69, 9.17) is 23.2 Å². The zero-order valence-corrected chi connectivity index (χ0v) is 20.5. The number of hydrogen-bond acceptors (Lipinski definition) is 7. The molecule has 0 aliphatic heterocycles. The number of likely N-dealkylation sites (N-methyl/N-ethyl adjacent to an activating group) is 1. The van der Waals surface area contributed by atoms with Crippen LogP contribution in [-0.2, 0) is 0 Å². The van der Waals surface area contributed by atoms with Crippen molar-refractivity contribution in [2.24, 2.45) is 0 Å². The molecule has 0 bridgehead atoms. The number of anilines is 3. The third-order valence-electron chi connectivity index (χ3n) is 5.44. The molecule has 0 radical (unpaired) electrons. The standard InChI is InChI=1S/C24H22Cl2N8O/c1-32(2)12-10-27-15-6-8-16(9-7-15)30-23-29-14-17-21(31-23)33-13-11-28-24(33)34(22(17)35)20-18(25)4-3-5-19(20)26/h3-9,11,13-14,27H,10,12H2,1-2H3,(H,29,30,31). The van der Waals surface area contributed by atoms with Gasteiger partial charge in [-0.1, -0.05) is 29.3 Å². The van der Waals surface area contributed by atoms with Gasteiger partial charge >= 0.3 is 0 Å². The molecule has 5 rings (SSSR count). The number of aromatic nitrogens is 5. The second kappa shape index (κ2) is 9.53. The maximum absolute atomic E-state index is 13.5. The van der Waals surface area contributed by atoms with E-state index in [0.29, 0.717) is 38.5 Å².